The lowest BCUT2D eigenvalue weighted by atomic mass is 10.1. The summed E-state index contributed by atoms with van der Waals surface area (Å²) in [7, 11) is 1.56. The summed E-state index contributed by atoms with van der Waals surface area (Å²) in [6.45, 7) is 1.89. The third-order valence-electron chi connectivity index (χ3n) is 3.12. The number of carbonyl (C=O) groups is 2. The molecule has 108 valence electrons. The van der Waals surface area contributed by atoms with E-state index in [2.05, 4.69) is 0 Å². The number of fused-ring (bicyclic) bond motifs is 1. The maximum atomic E-state index is 12.3. The summed E-state index contributed by atoms with van der Waals surface area (Å²) < 4.78 is 11.3. The van der Waals surface area contributed by atoms with Crippen LogP contribution < -0.4 is 9.47 Å². The third-order valence-corrected chi connectivity index (χ3v) is 3.12. The molecule has 20 heavy (non-hydrogen) atoms. The zero-order chi connectivity index (χ0) is 14.7. The first-order valence-electron chi connectivity index (χ1n) is 6.38. The Morgan fingerprint density at radius 3 is 2.45 bits per heavy atom. The van der Waals surface area contributed by atoms with Crippen LogP contribution >= 0.6 is 0 Å². The molecule has 1 amide bonds. The van der Waals surface area contributed by atoms with Crippen molar-refractivity contribution >= 4 is 11.9 Å². The van der Waals surface area contributed by atoms with Crippen molar-refractivity contribution in [2.75, 3.05) is 13.6 Å². The van der Waals surface area contributed by atoms with Crippen LogP contribution in [0.4, 0.5) is 0 Å². The van der Waals surface area contributed by atoms with Crippen molar-refractivity contribution in [2.24, 2.45) is 0 Å². The zero-order valence-corrected chi connectivity index (χ0v) is 11.4. The maximum Gasteiger partial charge on any atom is 0.305 e. The maximum absolute atomic E-state index is 12.3. The number of nitrogens with zero attached hydrogens (tertiary/aromatic N) is 1. The summed E-state index contributed by atoms with van der Waals surface area (Å²) in [5.41, 5.74) is 0. The number of aliphatic carboxylic acids is 1. The molecule has 0 aromatic heterocycles. The SMILES string of the molecule is CC1Oc2ccccc2OC1C(=O)N(C)CCC(=O)O. The van der Waals surface area contributed by atoms with Gasteiger partial charge in [0.15, 0.2) is 11.5 Å². The number of carbonyl (C=O) groups excluding carboxylic acids is 1. The standard InChI is InChI=1S/C14H17NO5/c1-9-13(14(18)15(2)8-7-12(16)17)20-11-6-4-3-5-10(11)19-9/h3-6,9,13H,7-8H2,1-2H3,(H,16,17). The van der Waals surface area contributed by atoms with Gasteiger partial charge in [0.2, 0.25) is 6.10 Å². The van der Waals surface area contributed by atoms with Gasteiger partial charge in [-0.1, -0.05) is 12.1 Å². The highest BCUT2D eigenvalue weighted by Gasteiger charge is 2.35. The van der Waals surface area contributed by atoms with Crippen molar-refractivity contribution in [1.29, 1.82) is 0 Å². The van der Waals surface area contributed by atoms with Gasteiger partial charge in [0, 0.05) is 13.6 Å². The monoisotopic (exact) mass is 279 g/mol. The van der Waals surface area contributed by atoms with Gasteiger partial charge >= 0.3 is 5.97 Å². The largest absolute Gasteiger partial charge is 0.482 e. The molecular weight excluding hydrogens is 262 g/mol. The number of carboxylic acids is 1. The van der Waals surface area contributed by atoms with Crippen LogP contribution in [-0.2, 0) is 9.59 Å². The minimum Gasteiger partial charge on any atom is -0.482 e. The van der Waals surface area contributed by atoms with E-state index in [1.807, 2.05) is 6.07 Å². The summed E-state index contributed by atoms with van der Waals surface area (Å²) in [6.07, 6.45) is -1.28. The van der Waals surface area contributed by atoms with E-state index in [9.17, 15) is 9.59 Å². The van der Waals surface area contributed by atoms with Crippen molar-refractivity contribution in [2.45, 2.75) is 25.6 Å². The van der Waals surface area contributed by atoms with Crippen molar-refractivity contribution < 1.29 is 24.2 Å². The molecule has 1 aliphatic rings. The predicted molar refractivity (Wildman–Crippen MR) is 70.8 cm³/mol. The molecule has 0 saturated carbocycles. The van der Waals surface area contributed by atoms with Crippen LogP contribution in [0.25, 0.3) is 0 Å². The lowest BCUT2D eigenvalue weighted by Crippen LogP contribution is -2.49. The van der Waals surface area contributed by atoms with E-state index in [1.165, 1.54) is 4.90 Å². The van der Waals surface area contributed by atoms with E-state index in [4.69, 9.17) is 14.6 Å². The summed E-state index contributed by atoms with van der Waals surface area (Å²) in [4.78, 5) is 24.1. The third kappa shape index (κ3) is 3.01. The second-order valence-electron chi connectivity index (χ2n) is 4.71. The fourth-order valence-corrected chi connectivity index (χ4v) is 1.98. The molecule has 2 rings (SSSR count). The number of hydrogen-bond acceptors (Lipinski definition) is 4. The minimum absolute atomic E-state index is 0.0964. The predicted octanol–water partition coefficient (Wildman–Crippen LogP) is 1.15. The van der Waals surface area contributed by atoms with Gasteiger partial charge in [0.1, 0.15) is 6.10 Å². The van der Waals surface area contributed by atoms with Crippen LogP contribution in [0, 0.1) is 0 Å². The molecule has 1 N–H and O–H groups in total. The van der Waals surface area contributed by atoms with Crippen molar-refractivity contribution in [1.82, 2.24) is 4.90 Å². The lowest BCUT2D eigenvalue weighted by molar-refractivity contribution is -0.144. The molecule has 1 aliphatic heterocycles. The highest BCUT2D eigenvalue weighted by Crippen LogP contribution is 2.33. The molecule has 2 atom stereocenters. The molecule has 1 aromatic carbocycles. The van der Waals surface area contributed by atoms with Gasteiger partial charge in [-0.2, -0.15) is 0 Å². The zero-order valence-electron chi connectivity index (χ0n) is 11.4. The Balaban J connectivity index is 2.05. The summed E-state index contributed by atoms with van der Waals surface area (Å²) in [5, 5.41) is 8.64. The summed E-state index contributed by atoms with van der Waals surface area (Å²) >= 11 is 0. The average Bonchev–Trinajstić information content (AvgIpc) is 2.43. The van der Waals surface area contributed by atoms with Gasteiger partial charge < -0.3 is 19.5 Å². The molecule has 0 fully saturated rings. The molecule has 0 spiro atoms. The molecule has 1 aromatic rings. The Kier molecular flexibility index (Phi) is 4.12. The first kappa shape index (κ1) is 14.2. The second-order valence-corrected chi connectivity index (χ2v) is 4.71. The molecule has 0 saturated heterocycles. The van der Waals surface area contributed by atoms with Gasteiger partial charge in [0.05, 0.1) is 6.42 Å². The van der Waals surface area contributed by atoms with Crippen LogP contribution in [0.5, 0.6) is 11.5 Å². The first-order valence-corrected chi connectivity index (χ1v) is 6.38. The number of benzene rings is 1. The van der Waals surface area contributed by atoms with Crippen LogP contribution in [0.2, 0.25) is 0 Å². The Morgan fingerprint density at radius 1 is 1.25 bits per heavy atom. The molecule has 0 bridgehead atoms. The fourth-order valence-electron chi connectivity index (χ4n) is 1.98. The average molecular weight is 279 g/mol. The number of hydrogen-bond donors (Lipinski definition) is 1. The van der Waals surface area contributed by atoms with Crippen molar-refractivity contribution in [3.63, 3.8) is 0 Å². The second kappa shape index (κ2) is 5.81. The van der Waals surface area contributed by atoms with E-state index < -0.39 is 18.2 Å². The highest BCUT2D eigenvalue weighted by molar-refractivity contribution is 5.82. The van der Waals surface area contributed by atoms with Crippen molar-refractivity contribution in [3.8, 4) is 11.5 Å². The molecule has 0 aliphatic carbocycles. The summed E-state index contributed by atoms with van der Waals surface area (Å²) in [6, 6.07) is 7.14. The van der Waals surface area contributed by atoms with Gasteiger partial charge in [-0.05, 0) is 19.1 Å². The Bertz CT molecular complexity index is 516. The van der Waals surface area contributed by atoms with E-state index >= 15 is 0 Å². The normalized spacial score (nSPS) is 20.3. The minimum atomic E-state index is -0.941. The number of likely N-dealkylation sites (N-methyl/N-ethyl adjacent to an activating group) is 1. The van der Waals surface area contributed by atoms with Crippen LogP contribution in [0.3, 0.4) is 0 Å². The topological polar surface area (TPSA) is 76.1 Å². The number of ether oxygens (including phenoxy) is 2. The number of para-hydroxylation sites is 2. The van der Waals surface area contributed by atoms with E-state index in [1.54, 1.807) is 32.2 Å². The number of amides is 1. The quantitative estimate of drug-likeness (QED) is 0.894. The van der Waals surface area contributed by atoms with Gasteiger partial charge in [-0.15, -0.1) is 0 Å². The molecular formula is C14H17NO5. The van der Waals surface area contributed by atoms with Gasteiger partial charge in [-0.25, -0.2) is 0 Å². The van der Waals surface area contributed by atoms with Crippen molar-refractivity contribution in [3.05, 3.63) is 24.3 Å². The van der Waals surface area contributed by atoms with Gasteiger partial charge in [0.25, 0.3) is 5.91 Å². The number of carboxylic acid groups (broad SMARTS) is 1. The van der Waals surface area contributed by atoms with E-state index in [0.717, 1.165) is 0 Å². The Morgan fingerprint density at radius 2 is 1.85 bits per heavy atom. The molecule has 2 unspecified atom stereocenters. The Labute approximate surface area is 116 Å². The van der Waals surface area contributed by atoms with Crippen LogP contribution in [0.1, 0.15) is 13.3 Å². The summed E-state index contributed by atoms with van der Waals surface area (Å²) in [5.74, 6) is -0.0927. The van der Waals surface area contributed by atoms with E-state index in [0.29, 0.717) is 11.5 Å². The van der Waals surface area contributed by atoms with Crippen LogP contribution in [-0.4, -0.2) is 47.7 Å². The molecule has 0 radical (unpaired) electrons. The first-order chi connectivity index (χ1) is 9.49. The molecule has 6 nitrogen and oxygen atoms in total. The fraction of sp³-hybridized carbons (Fsp3) is 0.429. The smallest absolute Gasteiger partial charge is 0.305 e. The van der Waals surface area contributed by atoms with Gasteiger partial charge in [-0.3, -0.25) is 9.59 Å². The van der Waals surface area contributed by atoms with Crippen LogP contribution in [0.15, 0.2) is 24.3 Å². The lowest BCUT2D eigenvalue weighted by Gasteiger charge is -2.33. The molecule has 1 heterocycles. The molecule has 6 heteroatoms. The Hall–Kier alpha value is -2.24. The van der Waals surface area contributed by atoms with E-state index in [-0.39, 0.29) is 18.9 Å². The highest BCUT2D eigenvalue weighted by atomic mass is 16.6. The number of rotatable bonds is 4.